The van der Waals surface area contributed by atoms with Crippen molar-refractivity contribution in [2.24, 2.45) is 5.41 Å². The minimum absolute atomic E-state index is 0.223. The van der Waals surface area contributed by atoms with Crippen LogP contribution in [0.2, 0.25) is 0 Å². The average Bonchev–Trinajstić information content (AvgIpc) is 2.43. The van der Waals surface area contributed by atoms with E-state index in [1.54, 1.807) is 0 Å². The number of carbonyl (C=O) groups is 1. The summed E-state index contributed by atoms with van der Waals surface area (Å²) in [5.41, 5.74) is 0.340. The molecule has 0 saturated carbocycles. The van der Waals surface area contributed by atoms with Gasteiger partial charge in [0.1, 0.15) is 0 Å². The van der Waals surface area contributed by atoms with Crippen LogP contribution in [-0.2, 0) is 9.53 Å². The van der Waals surface area contributed by atoms with Crippen molar-refractivity contribution in [2.45, 2.75) is 31.7 Å². The van der Waals surface area contributed by atoms with Crippen molar-refractivity contribution in [3.63, 3.8) is 0 Å². The summed E-state index contributed by atoms with van der Waals surface area (Å²) in [7, 11) is 2.04. The van der Waals surface area contributed by atoms with Crippen molar-refractivity contribution in [2.75, 3.05) is 26.8 Å². The Labute approximate surface area is 90.2 Å². The third-order valence-electron chi connectivity index (χ3n) is 3.84. The predicted octanol–water partition coefficient (Wildman–Crippen LogP) is 0.962. The number of likely N-dealkylation sites (tertiary alicyclic amines) is 1. The molecule has 2 fully saturated rings. The minimum Gasteiger partial charge on any atom is -0.481 e. The van der Waals surface area contributed by atoms with Crippen LogP contribution in [0.4, 0.5) is 0 Å². The SMILES string of the molecule is CN1CC2(CCOCC2)CC1CC(=O)O. The highest BCUT2D eigenvalue weighted by Crippen LogP contribution is 2.42. The topological polar surface area (TPSA) is 49.8 Å². The summed E-state index contributed by atoms with van der Waals surface area (Å²) >= 11 is 0. The van der Waals surface area contributed by atoms with Gasteiger partial charge in [0.05, 0.1) is 6.42 Å². The van der Waals surface area contributed by atoms with Gasteiger partial charge in [0.2, 0.25) is 0 Å². The number of rotatable bonds is 2. The van der Waals surface area contributed by atoms with Crippen molar-refractivity contribution >= 4 is 5.97 Å². The first-order valence-electron chi connectivity index (χ1n) is 5.61. The summed E-state index contributed by atoms with van der Waals surface area (Å²) < 4.78 is 5.37. The van der Waals surface area contributed by atoms with Crippen LogP contribution in [0, 0.1) is 5.41 Å². The van der Waals surface area contributed by atoms with E-state index in [4.69, 9.17) is 9.84 Å². The molecule has 2 aliphatic rings. The highest BCUT2D eigenvalue weighted by molar-refractivity contribution is 5.67. The molecular weight excluding hydrogens is 194 g/mol. The van der Waals surface area contributed by atoms with Crippen molar-refractivity contribution < 1.29 is 14.6 Å². The van der Waals surface area contributed by atoms with Gasteiger partial charge in [-0.1, -0.05) is 0 Å². The van der Waals surface area contributed by atoms with Crippen molar-refractivity contribution in [3.8, 4) is 0 Å². The number of nitrogens with zero attached hydrogens (tertiary/aromatic N) is 1. The van der Waals surface area contributed by atoms with E-state index < -0.39 is 5.97 Å². The molecular formula is C11H19NO3. The summed E-state index contributed by atoms with van der Waals surface area (Å²) in [6, 6.07) is 0.223. The molecule has 1 unspecified atom stereocenters. The first-order valence-corrected chi connectivity index (χ1v) is 5.61. The first kappa shape index (κ1) is 10.9. The molecule has 86 valence electrons. The fourth-order valence-electron chi connectivity index (χ4n) is 2.97. The third-order valence-corrected chi connectivity index (χ3v) is 3.84. The Morgan fingerprint density at radius 1 is 1.53 bits per heavy atom. The molecule has 0 aromatic carbocycles. The fraction of sp³-hybridized carbons (Fsp3) is 0.909. The molecule has 1 atom stereocenters. The van der Waals surface area contributed by atoms with Crippen LogP contribution < -0.4 is 0 Å². The van der Waals surface area contributed by atoms with Crippen LogP contribution in [0.25, 0.3) is 0 Å². The maximum absolute atomic E-state index is 10.7. The molecule has 2 aliphatic heterocycles. The summed E-state index contributed by atoms with van der Waals surface area (Å²) in [5.74, 6) is -0.684. The lowest BCUT2D eigenvalue weighted by atomic mass is 9.78. The highest BCUT2D eigenvalue weighted by Gasteiger charge is 2.43. The second-order valence-electron chi connectivity index (χ2n) is 4.98. The smallest absolute Gasteiger partial charge is 0.304 e. The standard InChI is InChI=1S/C11H19NO3/c1-12-8-11(2-4-15-5-3-11)7-9(12)6-10(13)14/h9H,2-8H2,1H3,(H,13,14). The molecule has 0 aromatic heterocycles. The number of carboxylic acid groups (broad SMARTS) is 1. The van der Waals surface area contributed by atoms with Crippen LogP contribution in [-0.4, -0.2) is 48.8 Å². The Balaban J connectivity index is 1.98. The number of hydrogen-bond donors (Lipinski definition) is 1. The maximum atomic E-state index is 10.7. The molecule has 0 radical (unpaired) electrons. The molecule has 2 saturated heterocycles. The lowest BCUT2D eigenvalue weighted by molar-refractivity contribution is -0.138. The van der Waals surface area contributed by atoms with E-state index in [-0.39, 0.29) is 12.5 Å². The molecule has 1 N–H and O–H groups in total. The largest absolute Gasteiger partial charge is 0.481 e. The first-order chi connectivity index (χ1) is 7.11. The van der Waals surface area contributed by atoms with E-state index in [2.05, 4.69) is 4.90 Å². The Morgan fingerprint density at radius 3 is 2.80 bits per heavy atom. The van der Waals surface area contributed by atoms with Gasteiger partial charge < -0.3 is 14.7 Å². The van der Waals surface area contributed by atoms with Crippen molar-refractivity contribution in [1.29, 1.82) is 0 Å². The Morgan fingerprint density at radius 2 is 2.20 bits per heavy atom. The van der Waals surface area contributed by atoms with Gasteiger partial charge in [-0.2, -0.15) is 0 Å². The van der Waals surface area contributed by atoms with Crippen LogP contribution >= 0.6 is 0 Å². The molecule has 4 heteroatoms. The zero-order valence-corrected chi connectivity index (χ0v) is 9.24. The van der Waals surface area contributed by atoms with Gasteiger partial charge in [0.25, 0.3) is 0 Å². The lowest BCUT2D eigenvalue weighted by Crippen LogP contribution is -2.32. The summed E-state index contributed by atoms with van der Waals surface area (Å²) in [6.45, 7) is 2.72. The van der Waals surface area contributed by atoms with E-state index in [0.29, 0.717) is 5.41 Å². The second-order valence-corrected chi connectivity index (χ2v) is 4.98. The summed E-state index contributed by atoms with van der Waals surface area (Å²) in [5, 5.41) is 8.83. The third kappa shape index (κ3) is 2.32. The van der Waals surface area contributed by atoms with Gasteiger partial charge in [0, 0.05) is 25.8 Å². The molecule has 0 amide bonds. The second kappa shape index (κ2) is 4.10. The Bertz CT molecular complexity index is 248. The Kier molecular flexibility index (Phi) is 2.98. The van der Waals surface area contributed by atoms with Gasteiger partial charge in [0.15, 0.2) is 0 Å². The van der Waals surface area contributed by atoms with Crippen molar-refractivity contribution in [1.82, 2.24) is 4.90 Å². The average molecular weight is 213 g/mol. The molecule has 15 heavy (non-hydrogen) atoms. The number of hydrogen-bond acceptors (Lipinski definition) is 3. The molecule has 0 aliphatic carbocycles. The van der Waals surface area contributed by atoms with Crippen LogP contribution in [0.3, 0.4) is 0 Å². The van der Waals surface area contributed by atoms with Crippen LogP contribution in [0.5, 0.6) is 0 Å². The van der Waals surface area contributed by atoms with Crippen LogP contribution in [0.1, 0.15) is 25.7 Å². The van der Waals surface area contributed by atoms with Crippen molar-refractivity contribution in [3.05, 3.63) is 0 Å². The van der Waals surface area contributed by atoms with Gasteiger partial charge in [-0.25, -0.2) is 0 Å². The zero-order chi connectivity index (χ0) is 10.9. The van der Waals surface area contributed by atoms with Gasteiger partial charge >= 0.3 is 5.97 Å². The highest BCUT2D eigenvalue weighted by atomic mass is 16.5. The molecule has 2 rings (SSSR count). The van der Waals surface area contributed by atoms with Gasteiger partial charge in [-0.05, 0) is 31.7 Å². The predicted molar refractivity (Wildman–Crippen MR) is 55.8 cm³/mol. The maximum Gasteiger partial charge on any atom is 0.304 e. The molecule has 2 heterocycles. The number of aliphatic carboxylic acids is 1. The molecule has 0 aromatic rings. The summed E-state index contributed by atoms with van der Waals surface area (Å²) in [6.07, 6.45) is 3.49. The fourth-order valence-corrected chi connectivity index (χ4v) is 2.97. The monoisotopic (exact) mass is 213 g/mol. The lowest BCUT2D eigenvalue weighted by Gasteiger charge is -2.32. The van der Waals surface area contributed by atoms with Gasteiger partial charge in [-0.15, -0.1) is 0 Å². The quantitative estimate of drug-likeness (QED) is 0.742. The van der Waals surface area contributed by atoms with E-state index in [1.807, 2.05) is 7.05 Å². The number of ether oxygens (including phenoxy) is 1. The summed E-state index contributed by atoms with van der Waals surface area (Å²) in [4.78, 5) is 12.9. The van der Waals surface area contributed by atoms with E-state index in [1.165, 1.54) is 0 Å². The minimum atomic E-state index is -0.684. The number of carboxylic acids is 1. The Hall–Kier alpha value is -0.610. The molecule has 4 nitrogen and oxygen atoms in total. The normalized spacial score (nSPS) is 30.9. The van der Waals surface area contributed by atoms with Crippen LogP contribution in [0.15, 0.2) is 0 Å². The van der Waals surface area contributed by atoms with Gasteiger partial charge in [-0.3, -0.25) is 4.79 Å². The van der Waals surface area contributed by atoms with E-state index in [0.717, 1.165) is 39.0 Å². The molecule has 0 bridgehead atoms. The molecule has 1 spiro atoms. The van der Waals surface area contributed by atoms with E-state index in [9.17, 15) is 4.79 Å². The van der Waals surface area contributed by atoms with E-state index >= 15 is 0 Å². The zero-order valence-electron chi connectivity index (χ0n) is 9.24.